The number of carbonyl (C=O) groups is 1. The van der Waals surface area contributed by atoms with E-state index in [0.717, 1.165) is 18.4 Å². The van der Waals surface area contributed by atoms with Gasteiger partial charge in [-0.25, -0.2) is 12.8 Å². The van der Waals surface area contributed by atoms with Crippen molar-refractivity contribution in [1.29, 1.82) is 0 Å². The number of amides is 1. The lowest BCUT2D eigenvalue weighted by atomic mass is 10.2. The molecule has 1 amide bonds. The first-order valence-corrected chi connectivity index (χ1v) is 10.1. The highest BCUT2D eigenvalue weighted by molar-refractivity contribution is 7.89. The summed E-state index contributed by atoms with van der Waals surface area (Å²) in [5, 5.41) is 2.68. The molecule has 0 atom stereocenters. The number of nitrogens with zero attached hydrogens (tertiary/aromatic N) is 1. The molecule has 0 saturated carbocycles. The second kappa shape index (κ2) is 8.49. The monoisotopic (exact) mass is 392 g/mol. The minimum atomic E-state index is -3.43. The molecule has 2 aromatic carbocycles. The summed E-state index contributed by atoms with van der Waals surface area (Å²) in [7, 11) is -3.43. The van der Waals surface area contributed by atoms with Gasteiger partial charge >= 0.3 is 0 Å². The van der Waals surface area contributed by atoms with Gasteiger partial charge in [-0.15, -0.1) is 0 Å². The maximum atomic E-state index is 13.0. The molecule has 1 aliphatic rings. The first-order valence-electron chi connectivity index (χ1n) is 8.69. The molecule has 0 aliphatic carbocycles. The van der Waals surface area contributed by atoms with Gasteiger partial charge in [-0.05, 0) is 42.7 Å². The fourth-order valence-electron chi connectivity index (χ4n) is 2.81. The maximum absolute atomic E-state index is 13.0. The van der Waals surface area contributed by atoms with Gasteiger partial charge in [0.25, 0.3) is 5.91 Å². The van der Waals surface area contributed by atoms with E-state index in [4.69, 9.17) is 4.74 Å². The summed E-state index contributed by atoms with van der Waals surface area (Å²) in [5.74, 6) is -0.508. The molecule has 0 spiro atoms. The van der Waals surface area contributed by atoms with Gasteiger partial charge in [0, 0.05) is 25.7 Å². The van der Waals surface area contributed by atoms with Gasteiger partial charge in [-0.3, -0.25) is 4.79 Å². The van der Waals surface area contributed by atoms with Crippen LogP contribution in [0.1, 0.15) is 18.4 Å². The molecule has 0 unspecified atom stereocenters. The van der Waals surface area contributed by atoms with E-state index in [0.29, 0.717) is 13.1 Å². The zero-order chi connectivity index (χ0) is 19.3. The van der Waals surface area contributed by atoms with Crippen LogP contribution in [0.2, 0.25) is 0 Å². The van der Waals surface area contributed by atoms with Crippen molar-refractivity contribution in [2.24, 2.45) is 0 Å². The van der Waals surface area contributed by atoms with Crippen molar-refractivity contribution in [2.75, 3.05) is 19.7 Å². The van der Waals surface area contributed by atoms with Crippen LogP contribution in [0, 0.1) is 5.82 Å². The van der Waals surface area contributed by atoms with Gasteiger partial charge in [0.15, 0.2) is 6.61 Å². The summed E-state index contributed by atoms with van der Waals surface area (Å²) in [6.07, 6.45) is 1.78. The molecule has 144 valence electrons. The highest BCUT2D eigenvalue weighted by atomic mass is 32.2. The topological polar surface area (TPSA) is 75.7 Å². The third kappa shape index (κ3) is 5.05. The summed E-state index contributed by atoms with van der Waals surface area (Å²) < 4.78 is 44.7. The van der Waals surface area contributed by atoms with Gasteiger partial charge in [-0.2, -0.15) is 4.31 Å². The molecule has 1 fully saturated rings. The molecule has 0 aromatic heterocycles. The Balaban J connectivity index is 1.50. The average molecular weight is 392 g/mol. The van der Waals surface area contributed by atoms with E-state index in [-0.39, 0.29) is 29.7 Å². The van der Waals surface area contributed by atoms with Crippen molar-refractivity contribution < 1.29 is 22.3 Å². The van der Waals surface area contributed by atoms with Crippen molar-refractivity contribution in [3.8, 4) is 5.75 Å². The Hall–Kier alpha value is -2.45. The lowest BCUT2D eigenvalue weighted by Crippen LogP contribution is -2.29. The number of hydrogen-bond acceptors (Lipinski definition) is 4. The third-order valence-corrected chi connectivity index (χ3v) is 6.19. The summed E-state index contributed by atoms with van der Waals surface area (Å²) in [5.41, 5.74) is 0.773. The Kier molecular flexibility index (Phi) is 6.08. The number of halogens is 1. The molecule has 1 heterocycles. The van der Waals surface area contributed by atoms with Crippen molar-refractivity contribution in [2.45, 2.75) is 24.3 Å². The average Bonchev–Trinajstić information content (AvgIpc) is 3.21. The second-order valence-corrected chi connectivity index (χ2v) is 8.22. The fraction of sp³-hybridized carbons (Fsp3) is 0.316. The van der Waals surface area contributed by atoms with E-state index >= 15 is 0 Å². The predicted molar refractivity (Wildman–Crippen MR) is 98.2 cm³/mol. The van der Waals surface area contributed by atoms with E-state index in [1.807, 2.05) is 0 Å². The number of sulfonamides is 1. The highest BCUT2D eigenvalue weighted by Crippen LogP contribution is 2.21. The summed E-state index contributed by atoms with van der Waals surface area (Å²) in [6.45, 7) is 1.14. The fourth-order valence-corrected chi connectivity index (χ4v) is 4.33. The van der Waals surface area contributed by atoms with Crippen LogP contribution in [0.15, 0.2) is 53.4 Å². The second-order valence-electron chi connectivity index (χ2n) is 6.28. The van der Waals surface area contributed by atoms with Gasteiger partial charge in [-0.1, -0.05) is 18.2 Å². The lowest BCUT2D eigenvalue weighted by molar-refractivity contribution is -0.123. The van der Waals surface area contributed by atoms with Gasteiger partial charge in [0.1, 0.15) is 11.6 Å². The largest absolute Gasteiger partial charge is 0.484 e. The minimum Gasteiger partial charge on any atom is -0.484 e. The third-order valence-electron chi connectivity index (χ3n) is 4.28. The number of ether oxygens (including phenoxy) is 1. The molecule has 8 heteroatoms. The number of hydrogen-bond donors (Lipinski definition) is 1. The zero-order valence-corrected chi connectivity index (χ0v) is 15.5. The van der Waals surface area contributed by atoms with Crippen LogP contribution in [0.4, 0.5) is 4.39 Å². The van der Waals surface area contributed by atoms with Crippen LogP contribution in [-0.2, 0) is 21.4 Å². The molecule has 3 rings (SSSR count). The van der Waals surface area contributed by atoms with E-state index in [2.05, 4.69) is 5.32 Å². The molecular weight excluding hydrogens is 371 g/mol. The molecule has 1 saturated heterocycles. The predicted octanol–water partition coefficient (Wildman–Crippen LogP) is 2.31. The summed E-state index contributed by atoms with van der Waals surface area (Å²) in [4.78, 5) is 12.1. The standard InChI is InChI=1S/C19H21FN2O4S/c20-16-4-3-5-17(12-16)26-14-19(23)21-13-15-6-8-18(9-7-15)27(24,25)22-10-1-2-11-22/h3-9,12H,1-2,10-11,13-14H2,(H,21,23). The maximum Gasteiger partial charge on any atom is 0.258 e. The Morgan fingerprint density at radius 3 is 2.48 bits per heavy atom. The van der Waals surface area contributed by atoms with E-state index in [9.17, 15) is 17.6 Å². The molecule has 27 heavy (non-hydrogen) atoms. The van der Waals surface area contributed by atoms with E-state index < -0.39 is 15.8 Å². The van der Waals surface area contributed by atoms with Gasteiger partial charge in [0.05, 0.1) is 4.90 Å². The summed E-state index contributed by atoms with van der Waals surface area (Å²) in [6, 6.07) is 12.0. The zero-order valence-electron chi connectivity index (χ0n) is 14.7. The van der Waals surface area contributed by atoms with Crippen LogP contribution in [0.3, 0.4) is 0 Å². The molecule has 0 bridgehead atoms. The van der Waals surface area contributed by atoms with Crippen LogP contribution < -0.4 is 10.1 Å². The Bertz CT molecular complexity index is 894. The number of benzene rings is 2. The van der Waals surface area contributed by atoms with Crippen LogP contribution >= 0.6 is 0 Å². The van der Waals surface area contributed by atoms with Crippen molar-refractivity contribution in [1.82, 2.24) is 9.62 Å². The Morgan fingerprint density at radius 2 is 1.81 bits per heavy atom. The molecule has 2 aromatic rings. The molecule has 0 radical (unpaired) electrons. The smallest absolute Gasteiger partial charge is 0.258 e. The highest BCUT2D eigenvalue weighted by Gasteiger charge is 2.26. The number of rotatable bonds is 7. The first-order chi connectivity index (χ1) is 12.9. The lowest BCUT2D eigenvalue weighted by Gasteiger charge is -2.15. The molecule has 1 aliphatic heterocycles. The SMILES string of the molecule is O=C(COc1cccc(F)c1)NCc1ccc(S(=O)(=O)N2CCCC2)cc1. The number of nitrogens with one attached hydrogen (secondary N) is 1. The first kappa shape index (κ1) is 19.3. The number of carbonyl (C=O) groups excluding carboxylic acids is 1. The van der Waals surface area contributed by atoms with E-state index in [1.165, 1.54) is 22.5 Å². The van der Waals surface area contributed by atoms with Gasteiger partial charge in [0.2, 0.25) is 10.0 Å². The molecule has 6 nitrogen and oxygen atoms in total. The van der Waals surface area contributed by atoms with Crippen molar-refractivity contribution in [3.05, 3.63) is 59.9 Å². The van der Waals surface area contributed by atoms with Crippen molar-refractivity contribution in [3.63, 3.8) is 0 Å². The Morgan fingerprint density at radius 1 is 1.11 bits per heavy atom. The molecule has 1 N–H and O–H groups in total. The minimum absolute atomic E-state index is 0.231. The van der Waals surface area contributed by atoms with Crippen LogP contribution in [-0.4, -0.2) is 38.3 Å². The quantitative estimate of drug-likeness (QED) is 0.785. The molecular formula is C19H21FN2O4S. The van der Waals surface area contributed by atoms with Crippen molar-refractivity contribution >= 4 is 15.9 Å². The van der Waals surface area contributed by atoms with E-state index in [1.54, 1.807) is 30.3 Å². The van der Waals surface area contributed by atoms with Crippen LogP contribution in [0.5, 0.6) is 5.75 Å². The summed E-state index contributed by atoms with van der Waals surface area (Å²) >= 11 is 0. The van der Waals surface area contributed by atoms with Gasteiger partial charge < -0.3 is 10.1 Å². The normalized spacial score (nSPS) is 14.9. The van der Waals surface area contributed by atoms with Crippen LogP contribution in [0.25, 0.3) is 0 Å². The Labute approximate surface area is 158 Å².